The van der Waals surface area contributed by atoms with Crippen LogP contribution in [-0.2, 0) is 6.42 Å². The van der Waals surface area contributed by atoms with Gasteiger partial charge in [-0.05, 0) is 51.6 Å². The first-order valence-electron chi connectivity index (χ1n) is 5.75. The number of rotatable bonds is 6. The van der Waals surface area contributed by atoms with Crippen LogP contribution >= 0.6 is 39.0 Å². The van der Waals surface area contributed by atoms with Gasteiger partial charge in [0.15, 0.2) is 0 Å². The van der Waals surface area contributed by atoms with Gasteiger partial charge in [-0.25, -0.2) is 4.39 Å². The molecule has 0 amide bonds. The molecule has 3 N–H and O–H groups in total. The highest BCUT2D eigenvalue weighted by molar-refractivity contribution is 9.10. The average Bonchev–Trinajstić information content (AvgIpc) is 2.82. The van der Waals surface area contributed by atoms with Gasteiger partial charge in [-0.1, -0.05) is 0 Å². The third-order valence-electron chi connectivity index (χ3n) is 2.62. The van der Waals surface area contributed by atoms with Gasteiger partial charge in [-0.2, -0.15) is 0 Å². The molecule has 6 heteroatoms. The van der Waals surface area contributed by atoms with E-state index in [-0.39, 0.29) is 11.9 Å². The van der Waals surface area contributed by atoms with E-state index >= 15 is 0 Å². The highest BCUT2D eigenvalue weighted by atomic mass is 79.9. The van der Waals surface area contributed by atoms with Gasteiger partial charge in [0.05, 0.1) is 0 Å². The summed E-state index contributed by atoms with van der Waals surface area (Å²) in [5.74, 6) is 6.23. The molecule has 1 atom stereocenters. The zero-order chi connectivity index (χ0) is 13.7. The molecule has 102 valence electrons. The monoisotopic (exact) mass is 360 g/mol. The van der Waals surface area contributed by atoms with Crippen molar-refractivity contribution < 1.29 is 4.39 Å². The molecule has 2 nitrogen and oxygen atoms in total. The number of hydrogen-bond donors (Lipinski definition) is 2. The number of benzene rings is 1. The lowest BCUT2D eigenvalue weighted by molar-refractivity contribution is 0.578. The number of hydrazine groups is 1. The van der Waals surface area contributed by atoms with E-state index in [9.17, 15) is 4.39 Å². The molecule has 1 aromatic carbocycles. The van der Waals surface area contributed by atoms with Gasteiger partial charge in [0, 0.05) is 32.5 Å². The minimum Gasteiger partial charge on any atom is -0.271 e. The molecule has 0 aliphatic heterocycles. The van der Waals surface area contributed by atoms with Crippen LogP contribution in [0.25, 0.3) is 0 Å². The SMILES string of the molecule is NNC(CSc1ccc(F)cc1)Cc1sccc1Br. The zero-order valence-electron chi connectivity index (χ0n) is 10.1. The second-order valence-electron chi connectivity index (χ2n) is 4.02. The van der Waals surface area contributed by atoms with Gasteiger partial charge in [-0.3, -0.25) is 11.3 Å². The van der Waals surface area contributed by atoms with E-state index in [0.29, 0.717) is 0 Å². The molecule has 1 unspecified atom stereocenters. The Labute approximate surface area is 128 Å². The Morgan fingerprint density at radius 1 is 1.32 bits per heavy atom. The summed E-state index contributed by atoms with van der Waals surface area (Å²) in [6.07, 6.45) is 0.878. The molecular weight excluding hydrogens is 347 g/mol. The van der Waals surface area contributed by atoms with Gasteiger partial charge < -0.3 is 0 Å². The van der Waals surface area contributed by atoms with Crippen molar-refractivity contribution in [2.75, 3.05) is 5.75 Å². The second-order valence-corrected chi connectivity index (χ2v) is 6.97. The van der Waals surface area contributed by atoms with Crippen LogP contribution < -0.4 is 11.3 Å². The molecular formula is C13H14BrFN2S2. The lowest BCUT2D eigenvalue weighted by Gasteiger charge is -2.14. The summed E-state index contributed by atoms with van der Waals surface area (Å²) in [6.45, 7) is 0. The Hall–Kier alpha value is -0.400. The summed E-state index contributed by atoms with van der Waals surface area (Å²) in [6, 6.07) is 8.75. The molecule has 2 aromatic rings. The van der Waals surface area contributed by atoms with Crippen LogP contribution in [0.4, 0.5) is 4.39 Å². The Balaban J connectivity index is 1.89. The standard InChI is InChI=1S/C13H14BrFN2S2/c14-12-5-6-18-13(12)7-10(17-16)8-19-11-3-1-9(15)2-4-11/h1-6,10,17H,7-8,16H2. The summed E-state index contributed by atoms with van der Waals surface area (Å²) >= 11 is 6.91. The Morgan fingerprint density at radius 2 is 2.05 bits per heavy atom. The van der Waals surface area contributed by atoms with Crippen molar-refractivity contribution in [3.8, 4) is 0 Å². The van der Waals surface area contributed by atoms with Crippen molar-refractivity contribution in [2.24, 2.45) is 5.84 Å². The fourth-order valence-corrected chi connectivity index (χ4v) is 4.12. The number of halogens is 2. The summed E-state index contributed by atoms with van der Waals surface area (Å²) < 4.78 is 13.9. The fraction of sp³-hybridized carbons (Fsp3) is 0.231. The normalized spacial score (nSPS) is 12.6. The van der Waals surface area contributed by atoms with E-state index < -0.39 is 0 Å². The largest absolute Gasteiger partial charge is 0.271 e. The first-order chi connectivity index (χ1) is 9.19. The molecule has 1 aromatic heterocycles. The van der Waals surface area contributed by atoms with Gasteiger partial charge in [0.1, 0.15) is 5.82 Å². The van der Waals surface area contributed by atoms with Gasteiger partial charge >= 0.3 is 0 Å². The zero-order valence-corrected chi connectivity index (χ0v) is 13.3. The fourth-order valence-electron chi connectivity index (χ4n) is 1.59. The van der Waals surface area contributed by atoms with E-state index in [1.807, 2.05) is 6.07 Å². The van der Waals surface area contributed by atoms with Crippen molar-refractivity contribution in [1.29, 1.82) is 0 Å². The molecule has 0 aliphatic carbocycles. The van der Waals surface area contributed by atoms with Crippen LogP contribution in [0.3, 0.4) is 0 Å². The quantitative estimate of drug-likeness (QED) is 0.467. The minimum absolute atomic E-state index is 0.185. The highest BCUT2D eigenvalue weighted by Gasteiger charge is 2.11. The topological polar surface area (TPSA) is 38.0 Å². The number of nitrogens with two attached hydrogens (primary N) is 1. The van der Waals surface area contributed by atoms with Crippen molar-refractivity contribution in [2.45, 2.75) is 17.4 Å². The maximum Gasteiger partial charge on any atom is 0.123 e. The van der Waals surface area contributed by atoms with Crippen molar-refractivity contribution >= 4 is 39.0 Å². The van der Waals surface area contributed by atoms with E-state index in [0.717, 1.165) is 21.5 Å². The minimum atomic E-state index is -0.208. The van der Waals surface area contributed by atoms with Crippen LogP contribution in [-0.4, -0.2) is 11.8 Å². The predicted octanol–water partition coefficient (Wildman–Crippen LogP) is 3.82. The number of hydrogen-bond acceptors (Lipinski definition) is 4. The first-order valence-corrected chi connectivity index (χ1v) is 8.41. The Morgan fingerprint density at radius 3 is 2.63 bits per heavy atom. The number of thioether (sulfide) groups is 1. The van der Waals surface area contributed by atoms with Gasteiger partial charge in [0.2, 0.25) is 0 Å². The molecule has 0 fully saturated rings. The Bertz CT molecular complexity index is 516. The molecule has 0 radical (unpaired) electrons. The van der Waals surface area contributed by atoms with Crippen LogP contribution in [0.2, 0.25) is 0 Å². The predicted molar refractivity (Wildman–Crippen MR) is 84.0 cm³/mol. The van der Waals surface area contributed by atoms with Crippen molar-refractivity contribution in [3.05, 3.63) is 50.9 Å². The average molecular weight is 361 g/mol. The second kappa shape index (κ2) is 7.40. The third-order valence-corrected chi connectivity index (χ3v) is 5.75. The summed E-state index contributed by atoms with van der Waals surface area (Å²) in [5, 5.41) is 2.06. The maximum absolute atomic E-state index is 12.8. The van der Waals surface area contributed by atoms with E-state index in [1.54, 1.807) is 35.2 Å². The van der Waals surface area contributed by atoms with Gasteiger partial charge in [0.25, 0.3) is 0 Å². The van der Waals surface area contributed by atoms with E-state index in [4.69, 9.17) is 5.84 Å². The van der Waals surface area contributed by atoms with E-state index in [2.05, 4.69) is 26.7 Å². The summed E-state index contributed by atoms with van der Waals surface area (Å²) in [7, 11) is 0. The van der Waals surface area contributed by atoms with Crippen LogP contribution in [0.15, 0.2) is 45.1 Å². The van der Waals surface area contributed by atoms with Crippen LogP contribution in [0, 0.1) is 5.82 Å². The number of nitrogens with one attached hydrogen (secondary N) is 1. The van der Waals surface area contributed by atoms with Crippen LogP contribution in [0.1, 0.15) is 4.88 Å². The molecule has 0 spiro atoms. The third kappa shape index (κ3) is 4.57. The number of thiophene rings is 1. The molecule has 1 heterocycles. The molecule has 0 aliphatic rings. The first kappa shape index (κ1) is 15.0. The van der Waals surface area contributed by atoms with Crippen molar-refractivity contribution in [1.82, 2.24) is 5.43 Å². The lowest BCUT2D eigenvalue weighted by atomic mass is 10.2. The molecule has 0 bridgehead atoms. The van der Waals surface area contributed by atoms with E-state index in [1.165, 1.54) is 17.0 Å². The molecule has 0 saturated heterocycles. The Kier molecular flexibility index (Phi) is 5.84. The smallest absolute Gasteiger partial charge is 0.123 e. The molecule has 0 saturated carbocycles. The van der Waals surface area contributed by atoms with Gasteiger partial charge in [-0.15, -0.1) is 23.1 Å². The van der Waals surface area contributed by atoms with Crippen molar-refractivity contribution in [3.63, 3.8) is 0 Å². The molecule has 2 rings (SSSR count). The lowest BCUT2D eigenvalue weighted by Crippen LogP contribution is -2.38. The summed E-state index contributed by atoms with van der Waals surface area (Å²) in [4.78, 5) is 2.33. The maximum atomic E-state index is 12.8. The van der Waals surface area contributed by atoms with Crippen LogP contribution in [0.5, 0.6) is 0 Å². The summed E-state index contributed by atoms with van der Waals surface area (Å²) in [5.41, 5.74) is 2.84. The molecule has 19 heavy (non-hydrogen) atoms. The highest BCUT2D eigenvalue weighted by Crippen LogP contribution is 2.26.